The summed E-state index contributed by atoms with van der Waals surface area (Å²) in [6, 6.07) is 50.2. The summed E-state index contributed by atoms with van der Waals surface area (Å²) in [5.41, 5.74) is 12.8. The van der Waals surface area contributed by atoms with E-state index in [0.717, 1.165) is 40.3 Å². The summed E-state index contributed by atoms with van der Waals surface area (Å²) < 4.78 is 4.61. The van der Waals surface area contributed by atoms with E-state index in [1.54, 1.807) is 0 Å². The van der Waals surface area contributed by atoms with Crippen LogP contribution in [0.1, 0.15) is 0 Å². The highest BCUT2D eigenvalue weighted by Gasteiger charge is 2.24. The minimum atomic E-state index is 0.813. The summed E-state index contributed by atoms with van der Waals surface area (Å²) in [7, 11) is 4.26. The average molecular weight is 582 g/mol. The van der Waals surface area contributed by atoms with Crippen molar-refractivity contribution >= 4 is 49.9 Å². The van der Waals surface area contributed by atoms with Gasteiger partial charge in [0.1, 0.15) is 5.82 Å². The number of nitrogens with zero attached hydrogens (tertiary/aromatic N) is 5. The van der Waals surface area contributed by atoms with Crippen LogP contribution in [0.5, 0.6) is 0 Å². The van der Waals surface area contributed by atoms with E-state index in [0.29, 0.717) is 0 Å². The van der Waals surface area contributed by atoms with Crippen LogP contribution in [0.2, 0.25) is 0 Å². The van der Waals surface area contributed by atoms with Crippen molar-refractivity contribution in [3.8, 4) is 28.2 Å². The Bertz CT molecular complexity index is 2400. The second-order valence-corrected chi connectivity index (χ2v) is 11.9. The van der Waals surface area contributed by atoms with Gasteiger partial charge in [-0.25, -0.2) is 4.98 Å². The fourth-order valence-electron chi connectivity index (χ4n) is 7.05. The van der Waals surface area contributed by atoms with Crippen molar-refractivity contribution in [3.63, 3.8) is 0 Å². The molecular formula is C40H31N5. The Labute approximate surface area is 261 Å². The number of hydrogen-bond acceptors (Lipinski definition) is 3. The molecule has 216 valence electrons. The zero-order valence-electron chi connectivity index (χ0n) is 25.2. The van der Waals surface area contributed by atoms with Gasteiger partial charge in [0.25, 0.3) is 0 Å². The van der Waals surface area contributed by atoms with E-state index < -0.39 is 0 Å². The molecule has 0 radical (unpaired) electrons. The summed E-state index contributed by atoms with van der Waals surface area (Å²) in [4.78, 5) is 9.73. The Morgan fingerprint density at radius 3 is 2.13 bits per heavy atom. The summed E-state index contributed by atoms with van der Waals surface area (Å²) in [5, 5.41) is 2.46. The number of imidazole rings is 1. The molecule has 3 heterocycles. The normalized spacial score (nSPS) is 12.9. The highest BCUT2D eigenvalue weighted by molar-refractivity contribution is 6.11. The highest BCUT2D eigenvalue weighted by Crippen LogP contribution is 2.42. The molecule has 5 nitrogen and oxygen atoms in total. The first-order valence-electron chi connectivity index (χ1n) is 15.4. The van der Waals surface area contributed by atoms with Crippen LogP contribution in [0.4, 0.5) is 17.1 Å². The van der Waals surface area contributed by atoms with Crippen molar-refractivity contribution < 1.29 is 0 Å². The molecule has 0 saturated heterocycles. The van der Waals surface area contributed by atoms with Crippen molar-refractivity contribution in [2.75, 3.05) is 23.5 Å². The van der Waals surface area contributed by atoms with Gasteiger partial charge in [-0.15, -0.1) is 0 Å². The molecule has 0 bridgehead atoms. The Kier molecular flexibility index (Phi) is 5.62. The SMILES string of the molecule is CN1CN(c2cccc(-n3c4ccc(-c5ccccc5)cc4c4ccc(-c5nc6ccccc6n5C)cc43)c2)c2ccccc21. The lowest BCUT2D eigenvalue weighted by molar-refractivity contribution is 0.948. The first-order valence-corrected chi connectivity index (χ1v) is 15.4. The Balaban J connectivity index is 1.27. The smallest absolute Gasteiger partial charge is 0.140 e. The Morgan fingerprint density at radius 1 is 0.511 bits per heavy atom. The molecule has 0 aliphatic carbocycles. The minimum absolute atomic E-state index is 0.813. The second-order valence-electron chi connectivity index (χ2n) is 11.9. The minimum Gasteiger partial charge on any atom is -0.355 e. The van der Waals surface area contributed by atoms with Crippen LogP contribution < -0.4 is 9.80 Å². The second kappa shape index (κ2) is 9.86. The van der Waals surface area contributed by atoms with Crippen molar-refractivity contribution in [2.45, 2.75) is 0 Å². The van der Waals surface area contributed by atoms with Crippen LogP contribution in [0.15, 0.2) is 140 Å². The van der Waals surface area contributed by atoms with Gasteiger partial charge in [-0.2, -0.15) is 0 Å². The van der Waals surface area contributed by atoms with Gasteiger partial charge in [-0.1, -0.05) is 78.9 Å². The summed E-state index contributed by atoms with van der Waals surface area (Å²) in [6.45, 7) is 0.813. The van der Waals surface area contributed by atoms with Crippen molar-refractivity contribution in [1.29, 1.82) is 0 Å². The molecule has 6 aromatic carbocycles. The third-order valence-corrected chi connectivity index (χ3v) is 9.26. The van der Waals surface area contributed by atoms with E-state index in [1.165, 1.54) is 44.5 Å². The van der Waals surface area contributed by atoms with E-state index in [2.05, 4.69) is 166 Å². The molecular weight excluding hydrogens is 550 g/mol. The molecule has 5 heteroatoms. The summed E-state index contributed by atoms with van der Waals surface area (Å²) in [6.07, 6.45) is 0. The molecule has 0 spiro atoms. The number of aryl methyl sites for hydroxylation is 1. The van der Waals surface area contributed by atoms with E-state index in [9.17, 15) is 0 Å². The van der Waals surface area contributed by atoms with Gasteiger partial charge in [0.05, 0.1) is 40.1 Å². The fourth-order valence-corrected chi connectivity index (χ4v) is 7.05. The molecule has 9 rings (SSSR count). The number of fused-ring (bicyclic) bond motifs is 5. The maximum atomic E-state index is 5.04. The molecule has 45 heavy (non-hydrogen) atoms. The van der Waals surface area contributed by atoms with Crippen molar-refractivity contribution in [1.82, 2.24) is 14.1 Å². The van der Waals surface area contributed by atoms with Gasteiger partial charge in [0, 0.05) is 41.8 Å². The monoisotopic (exact) mass is 581 g/mol. The first-order chi connectivity index (χ1) is 22.1. The topological polar surface area (TPSA) is 29.2 Å². The van der Waals surface area contributed by atoms with Gasteiger partial charge in [0.2, 0.25) is 0 Å². The number of para-hydroxylation sites is 4. The van der Waals surface area contributed by atoms with Crippen molar-refractivity contribution in [3.05, 3.63) is 140 Å². The van der Waals surface area contributed by atoms with E-state index in [4.69, 9.17) is 4.98 Å². The maximum Gasteiger partial charge on any atom is 0.140 e. The van der Waals surface area contributed by atoms with Gasteiger partial charge in [0.15, 0.2) is 0 Å². The molecule has 0 fully saturated rings. The Morgan fingerprint density at radius 2 is 1.27 bits per heavy atom. The lowest BCUT2D eigenvalue weighted by atomic mass is 10.0. The van der Waals surface area contributed by atoms with Crippen LogP contribution in [-0.2, 0) is 7.05 Å². The van der Waals surface area contributed by atoms with Gasteiger partial charge in [-0.3, -0.25) is 0 Å². The van der Waals surface area contributed by atoms with Crippen LogP contribution in [0, 0.1) is 0 Å². The molecule has 8 aromatic rings. The van der Waals surface area contributed by atoms with E-state index >= 15 is 0 Å². The lowest BCUT2D eigenvalue weighted by Gasteiger charge is -2.21. The number of rotatable bonds is 4. The number of anilines is 3. The van der Waals surface area contributed by atoms with E-state index in [1.807, 2.05) is 6.07 Å². The predicted octanol–water partition coefficient (Wildman–Crippen LogP) is 9.55. The standard InChI is InChI=1S/C40H31N5/c1-42-26-44(38-18-9-8-17-37(38)42)30-13-10-14-31(25-30)45-35-22-20-28(27-11-4-3-5-12-27)23-33(35)32-21-19-29(24-39(32)45)40-41-34-15-6-7-16-36(34)43(40)2/h3-25H,26H2,1-2H3. The maximum absolute atomic E-state index is 5.04. The van der Waals surface area contributed by atoms with Crippen LogP contribution >= 0.6 is 0 Å². The zero-order valence-corrected chi connectivity index (χ0v) is 25.2. The first kappa shape index (κ1) is 25.7. The number of benzene rings is 6. The molecule has 0 N–H and O–H groups in total. The van der Waals surface area contributed by atoms with Crippen LogP contribution in [0.3, 0.4) is 0 Å². The lowest BCUT2D eigenvalue weighted by Crippen LogP contribution is -2.24. The fraction of sp³-hybridized carbons (Fsp3) is 0.0750. The molecule has 0 atom stereocenters. The molecule has 0 saturated carbocycles. The largest absolute Gasteiger partial charge is 0.355 e. The summed E-state index contributed by atoms with van der Waals surface area (Å²) in [5.74, 6) is 0.963. The number of hydrogen-bond donors (Lipinski definition) is 0. The average Bonchev–Trinajstić information content (AvgIpc) is 3.73. The molecule has 1 aliphatic heterocycles. The van der Waals surface area contributed by atoms with Crippen LogP contribution in [-0.4, -0.2) is 27.8 Å². The number of aromatic nitrogens is 3. The molecule has 1 aliphatic rings. The van der Waals surface area contributed by atoms with Crippen LogP contribution in [0.25, 0.3) is 61.0 Å². The quantitative estimate of drug-likeness (QED) is 0.207. The Hall–Kier alpha value is -5.81. The molecule has 0 amide bonds. The third kappa shape index (κ3) is 3.97. The third-order valence-electron chi connectivity index (χ3n) is 9.26. The van der Waals surface area contributed by atoms with E-state index in [-0.39, 0.29) is 0 Å². The van der Waals surface area contributed by atoms with Gasteiger partial charge < -0.3 is 18.9 Å². The van der Waals surface area contributed by atoms with Gasteiger partial charge in [-0.05, 0) is 71.8 Å². The van der Waals surface area contributed by atoms with Crippen molar-refractivity contribution in [2.24, 2.45) is 7.05 Å². The summed E-state index contributed by atoms with van der Waals surface area (Å²) >= 11 is 0. The molecule has 2 aromatic heterocycles. The molecule has 0 unspecified atom stereocenters. The highest BCUT2D eigenvalue weighted by atomic mass is 15.4. The zero-order chi connectivity index (χ0) is 30.1. The van der Waals surface area contributed by atoms with Gasteiger partial charge >= 0.3 is 0 Å². The predicted molar refractivity (Wildman–Crippen MR) is 188 cm³/mol.